The highest BCUT2D eigenvalue weighted by atomic mass is 16.1. The fourth-order valence-corrected chi connectivity index (χ4v) is 9.41. The van der Waals surface area contributed by atoms with Crippen LogP contribution in [0.25, 0.3) is 0 Å². The molecule has 0 aliphatic heterocycles. The maximum Gasteiger partial charge on any atom is 0.159 e. The summed E-state index contributed by atoms with van der Waals surface area (Å²) in [5.41, 5.74) is 2.33. The average Bonchev–Trinajstić information content (AvgIpc) is 2.99. The molecule has 0 saturated heterocycles. The number of fused-ring (bicyclic) bond motifs is 5. The van der Waals surface area contributed by atoms with Gasteiger partial charge in [-0.2, -0.15) is 0 Å². The molecule has 0 spiro atoms. The molecule has 1 unspecified atom stereocenters. The first-order valence-electron chi connectivity index (χ1n) is 14.1. The first-order chi connectivity index (χ1) is 14.8. The molecule has 3 saturated carbocycles. The highest BCUT2D eigenvalue weighted by molar-refractivity contribution is 5.94. The van der Waals surface area contributed by atoms with Gasteiger partial charge in [-0.15, -0.1) is 0 Å². The van der Waals surface area contributed by atoms with Gasteiger partial charge in [0.15, 0.2) is 5.78 Å². The zero-order valence-electron chi connectivity index (χ0n) is 22.8. The Balaban J connectivity index is 1.64. The van der Waals surface area contributed by atoms with Crippen molar-refractivity contribution in [1.82, 2.24) is 0 Å². The lowest BCUT2D eigenvalue weighted by Crippen LogP contribution is -2.56. The summed E-state index contributed by atoms with van der Waals surface area (Å²) in [4.78, 5) is 13.6. The second kappa shape index (κ2) is 8.27. The molecule has 4 rings (SSSR count). The van der Waals surface area contributed by atoms with Crippen LogP contribution in [0, 0.1) is 63.6 Å². The summed E-state index contributed by atoms with van der Waals surface area (Å²) in [5.74, 6) is 5.96. The molecule has 0 aromatic heterocycles. The lowest BCUT2D eigenvalue weighted by atomic mass is 9.42. The second-order valence-corrected chi connectivity index (χ2v) is 14.2. The Morgan fingerprint density at radius 1 is 0.938 bits per heavy atom. The van der Waals surface area contributed by atoms with Crippen LogP contribution in [-0.2, 0) is 4.79 Å². The molecule has 10 atom stereocenters. The van der Waals surface area contributed by atoms with Gasteiger partial charge in [0.25, 0.3) is 0 Å². The van der Waals surface area contributed by atoms with Gasteiger partial charge in [0.1, 0.15) is 0 Å². The number of carbonyl (C=O) groups is 1. The van der Waals surface area contributed by atoms with Gasteiger partial charge >= 0.3 is 0 Å². The summed E-state index contributed by atoms with van der Waals surface area (Å²) < 4.78 is 0. The molecule has 1 nitrogen and oxygen atoms in total. The van der Waals surface area contributed by atoms with Crippen LogP contribution in [0.15, 0.2) is 11.6 Å². The van der Waals surface area contributed by atoms with Crippen molar-refractivity contribution < 1.29 is 4.79 Å². The zero-order chi connectivity index (χ0) is 23.6. The Hall–Kier alpha value is -0.590. The van der Waals surface area contributed by atoms with E-state index in [9.17, 15) is 4.79 Å². The predicted molar refractivity (Wildman–Crippen MR) is 136 cm³/mol. The topological polar surface area (TPSA) is 17.1 Å². The van der Waals surface area contributed by atoms with Crippen molar-refractivity contribution in [2.75, 3.05) is 0 Å². The van der Waals surface area contributed by atoms with E-state index in [1.807, 2.05) is 0 Å². The van der Waals surface area contributed by atoms with E-state index in [1.54, 1.807) is 5.57 Å². The highest BCUT2D eigenvalue weighted by Gasteiger charge is 2.65. The number of ketones is 1. The molecule has 0 aromatic carbocycles. The van der Waals surface area contributed by atoms with E-state index < -0.39 is 0 Å². The van der Waals surface area contributed by atoms with Crippen LogP contribution in [0.5, 0.6) is 0 Å². The molecule has 32 heavy (non-hydrogen) atoms. The van der Waals surface area contributed by atoms with Gasteiger partial charge in [-0.25, -0.2) is 0 Å². The molecule has 182 valence electrons. The summed E-state index contributed by atoms with van der Waals surface area (Å²) in [7, 11) is 0. The Kier molecular flexibility index (Phi) is 6.34. The normalized spacial score (nSPS) is 48.0. The third-order valence-electron chi connectivity index (χ3n) is 12.3. The van der Waals surface area contributed by atoms with Gasteiger partial charge in [-0.3, -0.25) is 4.79 Å². The summed E-state index contributed by atoms with van der Waals surface area (Å²) in [6.45, 7) is 22.3. The maximum atomic E-state index is 13.6. The molecular weight excluding hydrogens is 388 g/mol. The predicted octanol–water partition coefficient (Wildman–Crippen LogP) is 8.73. The lowest BCUT2D eigenvalue weighted by molar-refractivity contribution is -0.134. The van der Waals surface area contributed by atoms with E-state index in [4.69, 9.17) is 0 Å². The van der Waals surface area contributed by atoms with Crippen LogP contribution < -0.4 is 0 Å². The number of hydrogen-bond donors (Lipinski definition) is 0. The molecule has 1 heteroatoms. The SMILES string of the molecule is CC(C)CC[C@@H](C)[C@@H](C)[C@H]1CC[C@@]2(C)C3=CC(=O)[C@@H]4C[C@@H](C)[C@@H](C)C[C@]4(C)C3CC[C@]12C. The quantitative estimate of drug-likeness (QED) is 0.417. The number of rotatable bonds is 5. The van der Waals surface area contributed by atoms with E-state index in [-0.39, 0.29) is 16.7 Å². The van der Waals surface area contributed by atoms with E-state index in [0.717, 1.165) is 36.0 Å². The van der Waals surface area contributed by atoms with Gasteiger partial charge < -0.3 is 0 Å². The monoisotopic (exact) mass is 440 g/mol. The van der Waals surface area contributed by atoms with Crippen LogP contribution in [0.3, 0.4) is 0 Å². The Labute approximate surface area is 199 Å². The van der Waals surface area contributed by atoms with Crippen molar-refractivity contribution in [3.05, 3.63) is 11.6 Å². The number of carbonyl (C=O) groups excluding carboxylic acids is 1. The molecule has 0 N–H and O–H groups in total. The smallest absolute Gasteiger partial charge is 0.159 e. The van der Waals surface area contributed by atoms with Gasteiger partial charge in [0.2, 0.25) is 0 Å². The maximum absolute atomic E-state index is 13.6. The summed E-state index contributed by atoms with van der Waals surface area (Å²) >= 11 is 0. The minimum Gasteiger partial charge on any atom is -0.295 e. The largest absolute Gasteiger partial charge is 0.295 e. The van der Waals surface area contributed by atoms with Gasteiger partial charge in [0.05, 0.1) is 0 Å². The van der Waals surface area contributed by atoms with Gasteiger partial charge in [-0.1, -0.05) is 80.7 Å². The van der Waals surface area contributed by atoms with Crippen LogP contribution in [0.1, 0.15) is 114 Å². The molecular formula is C31H52O. The fourth-order valence-electron chi connectivity index (χ4n) is 9.41. The van der Waals surface area contributed by atoms with E-state index in [1.165, 1.54) is 44.9 Å². The van der Waals surface area contributed by atoms with Crippen molar-refractivity contribution in [3.63, 3.8) is 0 Å². The molecule has 0 heterocycles. The first-order valence-corrected chi connectivity index (χ1v) is 14.1. The van der Waals surface area contributed by atoms with Crippen molar-refractivity contribution in [2.24, 2.45) is 63.6 Å². The molecule has 0 amide bonds. The van der Waals surface area contributed by atoms with E-state index in [2.05, 4.69) is 68.4 Å². The highest BCUT2D eigenvalue weighted by Crippen LogP contribution is 2.72. The molecule has 0 radical (unpaired) electrons. The Bertz CT molecular complexity index is 762. The summed E-state index contributed by atoms with van der Waals surface area (Å²) in [5, 5.41) is 0. The minimum absolute atomic E-state index is 0.186. The van der Waals surface area contributed by atoms with Crippen LogP contribution in [-0.4, -0.2) is 5.78 Å². The van der Waals surface area contributed by atoms with Crippen LogP contribution in [0.4, 0.5) is 0 Å². The zero-order valence-corrected chi connectivity index (χ0v) is 22.8. The van der Waals surface area contributed by atoms with Crippen LogP contribution >= 0.6 is 0 Å². The van der Waals surface area contributed by atoms with Crippen molar-refractivity contribution in [3.8, 4) is 0 Å². The van der Waals surface area contributed by atoms with Crippen molar-refractivity contribution in [1.29, 1.82) is 0 Å². The van der Waals surface area contributed by atoms with E-state index >= 15 is 0 Å². The Morgan fingerprint density at radius 3 is 2.28 bits per heavy atom. The third kappa shape index (κ3) is 3.50. The number of hydrogen-bond acceptors (Lipinski definition) is 1. The van der Waals surface area contributed by atoms with Crippen LogP contribution in [0.2, 0.25) is 0 Å². The first kappa shape index (κ1) is 24.5. The third-order valence-corrected chi connectivity index (χ3v) is 12.3. The average molecular weight is 441 g/mol. The van der Waals surface area contributed by atoms with Gasteiger partial charge in [0, 0.05) is 5.92 Å². The van der Waals surface area contributed by atoms with Gasteiger partial charge in [-0.05, 0) is 102 Å². The number of allylic oxidation sites excluding steroid dienone is 2. The molecule has 0 bridgehead atoms. The summed E-state index contributed by atoms with van der Waals surface area (Å²) in [6.07, 6.45) is 12.6. The summed E-state index contributed by atoms with van der Waals surface area (Å²) in [6, 6.07) is 0. The standard InChI is InChI=1S/C31H52O/c1-19(2)10-11-20(3)23(6)24-12-14-31(9)26-17-28(32)27-16-21(4)22(5)18-29(27,7)25(26)13-15-30(24,31)8/h17,19-25,27H,10-16,18H2,1-9H3/t20-,21-,22+,23-,24-,25?,27+,29-,30-,31+/m1/s1. The minimum atomic E-state index is 0.186. The molecule has 3 fully saturated rings. The second-order valence-electron chi connectivity index (χ2n) is 14.2. The fraction of sp³-hybridized carbons (Fsp3) is 0.903. The molecule has 0 aromatic rings. The molecule has 4 aliphatic carbocycles. The molecule has 4 aliphatic rings. The van der Waals surface area contributed by atoms with Crippen molar-refractivity contribution >= 4 is 5.78 Å². The lowest BCUT2D eigenvalue weighted by Gasteiger charge is -2.61. The Morgan fingerprint density at radius 2 is 1.62 bits per heavy atom. The van der Waals surface area contributed by atoms with E-state index in [0.29, 0.717) is 23.0 Å². The van der Waals surface area contributed by atoms with Crippen molar-refractivity contribution in [2.45, 2.75) is 114 Å².